The number of halogens is 2. The van der Waals surface area contributed by atoms with E-state index in [2.05, 4.69) is 5.32 Å². The van der Waals surface area contributed by atoms with Gasteiger partial charge in [-0.25, -0.2) is 8.78 Å². The molecule has 2 N–H and O–H groups in total. The standard InChI is InChI=1S/C16H21F2NO2/c1-10(12-7-6-11(17)9-13(12)18)8-16(21)19-14-4-2-3-5-15(14)20/h6-7,9-10,14-15,20H,2-5,8H2,1H3,(H,19,21). The van der Waals surface area contributed by atoms with Gasteiger partial charge in [-0.15, -0.1) is 0 Å². The van der Waals surface area contributed by atoms with Crippen LogP contribution in [-0.4, -0.2) is 23.2 Å². The molecule has 3 unspecified atom stereocenters. The number of nitrogens with one attached hydrogen (secondary N) is 1. The van der Waals surface area contributed by atoms with Gasteiger partial charge in [0.2, 0.25) is 5.91 Å². The molecule has 1 aromatic carbocycles. The molecule has 1 fully saturated rings. The average molecular weight is 297 g/mol. The Morgan fingerprint density at radius 3 is 2.76 bits per heavy atom. The highest BCUT2D eigenvalue weighted by atomic mass is 19.1. The lowest BCUT2D eigenvalue weighted by atomic mass is 9.91. The fourth-order valence-electron chi connectivity index (χ4n) is 2.83. The molecule has 0 spiro atoms. The van der Waals surface area contributed by atoms with E-state index in [1.54, 1.807) is 6.92 Å². The van der Waals surface area contributed by atoms with Gasteiger partial charge < -0.3 is 10.4 Å². The van der Waals surface area contributed by atoms with Crippen LogP contribution in [0.3, 0.4) is 0 Å². The molecular weight excluding hydrogens is 276 g/mol. The number of benzene rings is 1. The first-order valence-electron chi connectivity index (χ1n) is 7.39. The minimum atomic E-state index is -0.631. The lowest BCUT2D eigenvalue weighted by Gasteiger charge is -2.28. The molecule has 21 heavy (non-hydrogen) atoms. The Hall–Kier alpha value is -1.49. The monoisotopic (exact) mass is 297 g/mol. The van der Waals surface area contributed by atoms with E-state index in [9.17, 15) is 18.7 Å². The fraction of sp³-hybridized carbons (Fsp3) is 0.562. The van der Waals surface area contributed by atoms with Gasteiger partial charge in [0, 0.05) is 12.5 Å². The number of carbonyl (C=O) groups excluding carboxylic acids is 1. The van der Waals surface area contributed by atoms with Crippen molar-refractivity contribution in [1.29, 1.82) is 0 Å². The van der Waals surface area contributed by atoms with E-state index in [-0.39, 0.29) is 24.3 Å². The van der Waals surface area contributed by atoms with Crippen LogP contribution in [0.5, 0.6) is 0 Å². The SMILES string of the molecule is CC(CC(=O)NC1CCCCC1O)c1ccc(F)cc1F. The average Bonchev–Trinajstić information content (AvgIpc) is 2.41. The van der Waals surface area contributed by atoms with Gasteiger partial charge in [0.05, 0.1) is 12.1 Å². The van der Waals surface area contributed by atoms with E-state index in [1.807, 2.05) is 0 Å². The molecule has 2 rings (SSSR count). The Balaban J connectivity index is 1.92. The van der Waals surface area contributed by atoms with Crippen molar-refractivity contribution in [3.05, 3.63) is 35.4 Å². The summed E-state index contributed by atoms with van der Waals surface area (Å²) >= 11 is 0. The summed E-state index contributed by atoms with van der Waals surface area (Å²) in [5.41, 5.74) is 0.329. The zero-order valence-electron chi connectivity index (χ0n) is 12.1. The molecule has 1 aliphatic carbocycles. The van der Waals surface area contributed by atoms with Gasteiger partial charge in [0.15, 0.2) is 0 Å². The first-order valence-corrected chi connectivity index (χ1v) is 7.39. The van der Waals surface area contributed by atoms with Gasteiger partial charge in [-0.3, -0.25) is 4.79 Å². The molecule has 1 saturated carbocycles. The summed E-state index contributed by atoms with van der Waals surface area (Å²) in [4.78, 5) is 12.0. The third-order valence-electron chi connectivity index (χ3n) is 4.06. The maximum absolute atomic E-state index is 13.7. The Bertz CT molecular complexity index is 507. The Morgan fingerprint density at radius 2 is 2.10 bits per heavy atom. The van der Waals surface area contributed by atoms with Crippen molar-refractivity contribution >= 4 is 5.91 Å². The van der Waals surface area contributed by atoms with Crippen LogP contribution in [0.4, 0.5) is 8.78 Å². The topological polar surface area (TPSA) is 49.3 Å². The van der Waals surface area contributed by atoms with E-state index in [4.69, 9.17) is 0 Å². The van der Waals surface area contributed by atoms with Crippen LogP contribution >= 0.6 is 0 Å². The van der Waals surface area contributed by atoms with Crippen LogP contribution in [0.1, 0.15) is 50.5 Å². The predicted octanol–water partition coefficient (Wildman–Crippen LogP) is 2.88. The van der Waals surface area contributed by atoms with Crippen molar-refractivity contribution < 1.29 is 18.7 Å². The van der Waals surface area contributed by atoms with Gasteiger partial charge >= 0.3 is 0 Å². The summed E-state index contributed by atoms with van der Waals surface area (Å²) in [5, 5.41) is 12.6. The highest BCUT2D eigenvalue weighted by Crippen LogP contribution is 2.24. The van der Waals surface area contributed by atoms with Gasteiger partial charge in [0.25, 0.3) is 0 Å². The van der Waals surface area contributed by atoms with Gasteiger partial charge in [-0.05, 0) is 30.4 Å². The molecule has 1 amide bonds. The molecule has 0 bridgehead atoms. The largest absolute Gasteiger partial charge is 0.391 e. The van der Waals surface area contributed by atoms with Crippen LogP contribution in [0.2, 0.25) is 0 Å². The van der Waals surface area contributed by atoms with Gasteiger partial charge in [0.1, 0.15) is 11.6 Å². The van der Waals surface area contributed by atoms with Crippen molar-refractivity contribution in [1.82, 2.24) is 5.32 Å². The summed E-state index contributed by atoms with van der Waals surface area (Å²) in [7, 11) is 0. The fourth-order valence-corrected chi connectivity index (χ4v) is 2.83. The predicted molar refractivity (Wildman–Crippen MR) is 75.8 cm³/mol. The van der Waals surface area contributed by atoms with E-state index >= 15 is 0 Å². The summed E-state index contributed by atoms with van der Waals surface area (Å²) in [6, 6.07) is 3.18. The van der Waals surface area contributed by atoms with Crippen LogP contribution in [0, 0.1) is 11.6 Å². The highest BCUT2D eigenvalue weighted by Gasteiger charge is 2.25. The van der Waals surface area contributed by atoms with Gasteiger partial charge in [-0.1, -0.05) is 25.8 Å². The molecule has 3 atom stereocenters. The summed E-state index contributed by atoms with van der Waals surface area (Å²) in [6.07, 6.45) is 3.06. The van der Waals surface area contributed by atoms with Crippen LogP contribution < -0.4 is 5.32 Å². The van der Waals surface area contributed by atoms with E-state index in [1.165, 1.54) is 12.1 Å². The summed E-state index contributed by atoms with van der Waals surface area (Å²) < 4.78 is 26.5. The number of aliphatic hydroxyl groups excluding tert-OH is 1. The zero-order chi connectivity index (χ0) is 15.4. The molecule has 3 nitrogen and oxygen atoms in total. The Kier molecular flexibility index (Phi) is 5.28. The minimum Gasteiger partial charge on any atom is -0.391 e. The van der Waals surface area contributed by atoms with Crippen LogP contribution in [0.25, 0.3) is 0 Å². The van der Waals surface area contributed by atoms with E-state index < -0.39 is 17.7 Å². The minimum absolute atomic E-state index is 0.117. The number of carbonyl (C=O) groups is 1. The maximum Gasteiger partial charge on any atom is 0.220 e. The first-order chi connectivity index (χ1) is 9.97. The molecule has 0 saturated heterocycles. The third kappa shape index (κ3) is 4.24. The lowest BCUT2D eigenvalue weighted by Crippen LogP contribution is -2.45. The maximum atomic E-state index is 13.7. The Labute approximate surface area is 123 Å². The number of rotatable bonds is 4. The first kappa shape index (κ1) is 15.9. The van der Waals surface area contributed by atoms with Crippen LogP contribution in [0.15, 0.2) is 18.2 Å². The number of hydrogen-bond donors (Lipinski definition) is 2. The second-order valence-electron chi connectivity index (χ2n) is 5.80. The van der Waals surface area contributed by atoms with Crippen LogP contribution in [-0.2, 0) is 4.79 Å². The lowest BCUT2D eigenvalue weighted by molar-refractivity contribution is -0.123. The van der Waals surface area contributed by atoms with Crippen molar-refractivity contribution in [2.45, 2.75) is 57.1 Å². The zero-order valence-corrected chi connectivity index (χ0v) is 12.1. The molecule has 0 heterocycles. The quantitative estimate of drug-likeness (QED) is 0.898. The summed E-state index contributed by atoms with van der Waals surface area (Å²) in [6.45, 7) is 1.73. The highest BCUT2D eigenvalue weighted by molar-refractivity contribution is 5.77. The third-order valence-corrected chi connectivity index (χ3v) is 4.06. The summed E-state index contributed by atoms with van der Waals surface area (Å²) in [5.74, 6) is -1.81. The van der Waals surface area contributed by atoms with Crippen molar-refractivity contribution in [3.63, 3.8) is 0 Å². The molecular formula is C16H21F2NO2. The number of aliphatic hydroxyl groups is 1. The molecule has 1 aliphatic rings. The van der Waals surface area contributed by atoms with Crippen molar-refractivity contribution in [3.8, 4) is 0 Å². The number of hydrogen-bond acceptors (Lipinski definition) is 2. The molecule has 1 aromatic rings. The van der Waals surface area contributed by atoms with E-state index in [0.29, 0.717) is 12.0 Å². The van der Waals surface area contributed by atoms with Crippen molar-refractivity contribution in [2.75, 3.05) is 0 Å². The van der Waals surface area contributed by atoms with Crippen molar-refractivity contribution in [2.24, 2.45) is 0 Å². The second-order valence-corrected chi connectivity index (χ2v) is 5.80. The molecule has 116 valence electrons. The molecule has 5 heteroatoms. The van der Waals surface area contributed by atoms with E-state index in [0.717, 1.165) is 25.3 Å². The molecule has 0 radical (unpaired) electrons. The normalized spacial score (nSPS) is 23.6. The molecule has 0 aromatic heterocycles. The van der Waals surface area contributed by atoms with Gasteiger partial charge in [-0.2, -0.15) is 0 Å². The second kappa shape index (κ2) is 6.98. The number of amides is 1. The Morgan fingerprint density at radius 1 is 1.38 bits per heavy atom. The molecule has 0 aliphatic heterocycles. The smallest absolute Gasteiger partial charge is 0.220 e.